The molecule has 0 spiro atoms. The molecule has 4 heteroatoms. The lowest BCUT2D eigenvalue weighted by Crippen LogP contribution is -2.36. The first kappa shape index (κ1) is 9.65. The van der Waals surface area contributed by atoms with Gasteiger partial charge in [-0.2, -0.15) is 0 Å². The van der Waals surface area contributed by atoms with Crippen LogP contribution in [0.5, 0.6) is 0 Å². The van der Waals surface area contributed by atoms with Crippen LogP contribution in [-0.2, 0) is 6.54 Å². The smallest absolute Gasteiger partial charge is 0.157 e. The first-order chi connectivity index (χ1) is 6.66. The molecular weight excluding hydrogens is 196 g/mol. The van der Waals surface area contributed by atoms with Crippen molar-refractivity contribution in [1.82, 2.24) is 5.32 Å². The Balaban J connectivity index is 1.94. The Labute approximate surface area is 88.0 Å². The molecule has 1 saturated heterocycles. The number of amidine groups is 1. The van der Waals surface area contributed by atoms with Gasteiger partial charge in [-0.05, 0) is 26.0 Å². The molecule has 0 aliphatic carbocycles. The molecule has 0 saturated carbocycles. The topological polar surface area (TPSA) is 37.5 Å². The van der Waals surface area contributed by atoms with Gasteiger partial charge in [-0.25, -0.2) is 0 Å². The van der Waals surface area contributed by atoms with Gasteiger partial charge in [0.2, 0.25) is 0 Å². The molecule has 0 aromatic carbocycles. The van der Waals surface area contributed by atoms with Crippen LogP contribution in [0.1, 0.15) is 19.6 Å². The number of hydrogen-bond donors (Lipinski definition) is 1. The molecule has 1 N–H and O–H groups in total. The summed E-state index contributed by atoms with van der Waals surface area (Å²) < 4.78 is 5.20. The summed E-state index contributed by atoms with van der Waals surface area (Å²) in [4.78, 5) is 4.44. The first-order valence-electron chi connectivity index (χ1n) is 4.63. The van der Waals surface area contributed by atoms with E-state index >= 15 is 0 Å². The molecule has 1 aromatic rings. The van der Waals surface area contributed by atoms with E-state index in [0.29, 0.717) is 6.54 Å². The fourth-order valence-corrected chi connectivity index (χ4v) is 2.32. The van der Waals surface area contributed by atoms with E-state index in [0.717, 1.165) is 16.7 Å². The molecule has 1 aliphatic rings. The van der Waals surface area contributed by atoms with E-state index in [1.165, 1.54) is 0 Å². The van der Waals surface area contributed by atoms with E-state index in [1.807, 2.05) is 12.1 Å². The standard InChI is InChI=1S/C10H14N2OS/c1-10(2)7-14-9(12-10)11-6-8-4-3-5-13-8/h3-5H,6-7H2,1-2H3,(H,11,12). The molecule has 0 unspecified atom stereocenters. The summed E-state index contributed by atoms with van der Waals surface area (Å²) in [6, 6.07) is 3.82. The van der Waals surface area contributed by atoms with Gasteiger partial charge in [0.15, 0.2) is 5.17 Å². The van der Waals surface area contributed by atoms with Gasteiger partial charge in [0.25, 0.3) is 0 Å². The highest BCUT2D eigenvalue weighted by atomic mass is 32.2. The highest BCUT2D eigenvalue weighted by Gasteiger charge is 2.26. The van der Waals surface area contributed by atoms with Crippen LogP contribution in [0.4, 0.5) is 0 Å². The highest BCUT2D eigenvalue weighted by molar-refractivity contribution is 8.14. The zero-order chi connectivity index (χ0) is 10.0. The molecule has 14 heavy (non-hydrogen) atoms. The number of furan rings is 1. The minimum absolute atomic E-state index is 0.173. The molecule has 1 aliphatic heterocycles. The first-order valence-corrected chi connectivity index (χ1v) is 5.62. The van der Waals surface area contributed by atoms with Gasteiger partial charge in [0.1, 0.15) is 5.76 Å². The SMILES string of the molecule is CC1(C)CSC(=NCc2ccco2)N1. The number of hydrogen-bond acceptors (Lipinski definition) is 3. The lowest BCUT2D eigenvalue weighted by atomic mass is 10.1. The van der Waals surface area contributed by atoms with Crippen LogP contribution in [0.25, 0.3) is 0 Å². The number of nitrogens with one attached hydrogen (secondary N) is 1. The quantitative estimate of drug-likeness (QED) is 0.813. The summed E-state index contributed by atoms with van der Waals surface area (Å²) in [5, 5.41) is 4.38. The predicted octanol–water partition coefficient (Wildman–Crippen LogP) is 2.25. The van der Waals surface area contributed by atoms with Crippen molar-refractivity contribution in [2.24, 2.45) is 4.99 Å². The normalized spacial score (nSPS) is 22.6. The fourth-order valence-electron chi connectivity index (χ4n) is 1.25. The molecule has 0 radical (unpaired) electrons. The van der Waals surface area contributed by atoms with Crippen LogP contribution < -0.4 is 5.32 Å². The summed E-state index contributed by atoms with van der Waals surface area (Å²) in [5.74, 6) is 1.98. The lowest BCUT2D eigenvalue weighted by Gasteiger charge is -2.15. The second-order valence-corrected chi connectivity index (χ2v) is 4.96. The molecule has 1 fully saturated rings. The largest absolute Gasteiger partial charge is 0.467 e. The zero-order valence-corrected chi connectivity index (χ0v) is 9.23. The molecule has 3 nitrogen and oxygen atoms in total. The predicted molar refractivity (Wildman–Crippen MR) is 59.5 cm³/mol. The fraction of sp³-hybridized carbons (Fsp3) is 0.500. The van der Waals surface area contributed by atoms with E-state index in [9.17, 15) is 0 Å². The zero-order valence-electron chi connectivity index (χ0n) is 8.41. The molecule has 0 atom stereocenters. The Hall–Kier alpha value is -0.900. The van der Waals surface area contributed by atoms with Gasteiger partial charge in [-0.3, -0.25) is 4.99 Å². The van der Waals surface area contributed by atoms with Crippen LogP contribution in [0.2, 0.25) is 0 Å². The van der Waals surface area contributed by atoms with Crippen molar-refractivity contribution >= 4 is 16.9 Å². The molecule has 76 valence electrons. The van der Waals surface area contributed by atoms with Crippen LogP contribution >= 0.6 is 11.8 Å². The molecule has 2 rings (SSSR count). The minimum atomic E-state index is 0.173. The Kier molecular flexibility index (Phi) is 2.54. The van der Waals surface area contributed by atoms with Gasteiger partial charge < -0.3 is 9.73 Å². The summed E-state index contributed by atoms with van der Waals surface area (Å²) in [5.41, 5.74) is 0.173. The number of thioether (sulfide) groups is 1. The van der Waals surface area contributed by atoms with Crippen molar-refractivity contribution in [2.75, 3.05) is 5.75 Å². The van der Waals surface area contributed by atoms with E-state index in [-0.39, 0.29) is 5.54 Å². The average Bonchev–Trinajstić information content (AvgIpc) is 2.70. The monoisotopic (exact) mass is 210 g/mol. The van der Waals surface area contributed by atoms with E-state index in [1.54, 1.807) is 18.0 Å². The van der Waals surface area contributed by atoms with Crippen molar-refractivity contribution in [2.45, 2.75) is 25.9 Å². The number of rotatable bonds is 2. The molecule has 0 bridgehead atoms. The van der Waals surface area contributed by atoms with Gasteiger partial charge >= 0.3 is 0 Å². The molecular formula is C10H14N2OS. The maximum absolute atomic E-state index is 5.20. The van der Waals surface area contributed by atoms with Gasteiger partial charge in [-0.1, -0.05) is 11.8 Å². The minimum Gasteiger partial charge on any atom is -0.467 e. The van der Waals surface area contributed by atoms with Gasteiger partial charge in [-0.15, -0.1) is 0 Å². The summed E-state index contributed by atoms with van der Waals surface area (Å²) in [7, 11) is 0. The molecule has 1 aromatic heterocycles. The Morgan fingerprint density at radius 1 is 1.64 bits per heavy atom. The second kappa shape index (κ2) is 3.69. The third-order valence-electron chi connectivity index (χ3n) is 1.97. The summed E-state index contributed by atoms with van der Waals surface area (Å²) >= 11 is 1.77. The van der Waals surface area contributed by atoms with Gasteiger partial charge in [0.05, 0.1) is 12.8 Å². The average molecular weight is 210 g/mol. The highest BCUT2D eigenvalue weighted by Crippen LogP contribution is 2.22. The van der Waals surface area contributed by atoms with Gasteiger partial charge in [0, 0.05) is 11.3 Å². The molecule has 0 amide bonds. The maximum atomic E-state index is 5.20. The van der Waals surface area contributed by atoms with Crippen molar-refractivity contribution in [3.63, 3.8) is 0 Å². The van der Waals surface area contributed by atoms with Crippen molar-refractivity contribution in [1.29, 1.82) is 0 Å². The van der Waals surface area contributed by atoms with E-state index < -0.39 is 0 Å². The Morgan fingerprint density at radius 3 is 3.07 bits per heavy atom. The van der Waals surface area contributed by atoms with E-state index in [2.05, 4.69) is 24.2 Å². The third kappa shape index (κ3) is 2.32. The van der Waals surface area contributed by atoms with Crippen LogP contribution in [-0.4, -0.2) is 16.5 Å². The third-order valence-corrected chi connectivity index (χ3v) is 3.34. The van der Waals surface area contributed by atoms with Crippen LogP contribution in [0.3, 0.4) is 0 Å². The number of aliphatic imine (C=N–C) groups is 1. The summed E-state index contributed by atoms with van der Waals surface area (Å²) in [6.07, 6.45) is 1.68. The Morgan fingerprint density at radius 2 is 2.50 bits per heavy atom. The van der Waals surface area contributed by atoms with Crippen LogP contribution in [0, 0.1) is 0 Å². The molecule has 2 heterocycles. The van der Waals surface area contributed by atoms with Crippen molar-refractivity contribution in [3.8, 4) is 0 Å². The van der Waals surface area contributed by atoms with E-state index in [4.69, 9.17) is 4.42 Å². The van der Waals surface area contributed by atoms with Crippen molar-refractivity contribution < 1.29 is 4.42 Å². The summed E-state index contributed by atoms with van der Waals surface area (Å²) in [6.45, 7) is 4.98. The Bertz CT molecular complexity index is 330. The van der Waals surface area contributed by atoms with Crippen LogP contribution in [0.15, 0.2) is 27.8 Å². The second-order valence-electron chi connectivity index (χ2n) is 4.00. The van der Waals surface area contributed by atoms with Crippen molar-refractivity contribution in [3.05, 3.63) is 24.2 Å². The maximum Gasteiger partial charge on any atom is 0.157 e. The number of nitrogens with zero attached hydrogens (tertiary/aromatic N) is 1. The lowest BCUT2D eigenvalue weighted by molar-refractivity contribution is 0.510.